The van der Waals surface area contributed by atoms with Gasteiger partial charge in [0.15, 0.2) is 0 Å². The Balaban J connectivity index is 2.01. The van der Waals surface area contributed by atoms with Gasteiger partial charge in [-0.05, 0) is 53.6 Å². The van der Waals surface area contributed by atoms with Crippen molar-refractivity contribution < 1.29 is 13.5 Å². The molecule has 3 rings (SSSR count). The molecule has 0 aliphatic heterocycles. The number of nitriles is 1. The standard InChI is InChI=1S/C18H10F2N2O/c19-15-5-12(10-21)4-13(6-15)14-7-16(20)9-18(8-14)23-17-2-1-3-22-11-17/h1-9,11H. The molecule has 0 atom stereocenters. The summed E-state index contributed by atoms with van der Waals surface area (Å²) >= 11 is 0. The van der Waals surface area contributed by atoms with Crippen LogP contribution in [0.4, 0.5) is 8.78 Å². The van der Waals surface area contributed by atoms with Crippen molar-refractivity contribution >= 4 is 0 Å². The largest absolute Gasteiger partial charge is 0.456 e. The van der Waals surface area contributed by atoms with E-state index in [-0.39, 0.29) is 11.3 Å². The normalized spacial score (nSPS) is 10.1. The molecular weight excluding hydrogens is 298 g/mol. The van der Waals surface area contributed by atoms with Crippen molar-refractivity contribution in [2.75, 3.05) is 0 Å². The lowest BCUT2D eigenvalue weighted by atomic mass is 10.0. The second-order valence-electron chi connectivity index (χ2n) is 4.81. The minimum absolute atomic E-state index is 0.166. The first kappa shape index (κ1) is 14.7. The van der Waals surface area contributed by atoms with Crippen molar-refractivity contribution in [2.45, 2.75) is 0 Å². The summed E-state index contributed by atoms with van der Waals surface area (Å²) in [5.74, 6) is -0.362. The highest BCUT2D eigenvalue weighted by Gasteiger charge is 2.08. The molecule has 23 heavy (non-hydrogen) atoms. The molecule has 0 spiro atoms. The molecule has 0 fully saturated rings. The number of ether oxygens (including phenoxy) is 1. The van der Waals surface area contributed by atoms with E-state index in [0.29, 0.717) is 16.9 Å². The van der Waals surface area contributed by atoms with Crippen LogP contribution in [0.15, 0.2) is 60.9 Å². The van der Waals surface area contributed by atoms with E-state index < -0.39 is 11.6 Å². The summed E-state index contributed by atoms with van der Waals surface area (Å²) < 4.78 is 33.0. The number of benzene rings is 2. The molecule has 3 aromatic rings. The summed E-state index contributed by atoms with van der Waals surface area (Å²) in [5, 5.41) is 8.92. The maximum Gasteiger partial charge on any atom is 0.145 e. The molecule has 2 aromatic carbocycles. The Morgan fingerprint density at radius 1 is 0.913 bits per heavy atom. The number of pyridine rings is 1. The zero-order chi connectivity index (χ0) is 16.2. The second-order valence-corrected chi connectivity index (χ2v) is 4.81. The minimum Gasteiger partial charge on any atom is -0.456 e. The quantitative estimate of drug-likeness (QED) is 0.705. The van der Waals surface area contributed by atoms with Gasteiger partial charge < -0.3 is 4.74 Å². The van der Waals surface area contributed by atoms with Crippen LogP contribution in [0.2, 0.25) is 0 Å². The van der Waals surface area contributed by atoms with Crippen molar-refractivity contribution in [1.29, 1.82) is 5.26 Å². The number of hydrogen-bond donors (Lipinski definition) is 0. The first-order chi connectivity index (χ1) is 11.1. The molecule has 0 saturated heterocycles. The van der Waals surface area contributed by atoms with Crippen LogP contribution >= 0.6 is 0 Å². The van der Waals surface area contributed by atoms with E-state index in [9.17, 15) is 8.78 Å². The summed E-state index contributed by atoms with van der Waals surface area (Å²) in [4.78, 5) is 3.91. The van der Waals surface area contributed by atoms with Crippen LogP contribution in [-0.2, 0) is 0 Å². The van der Waals surface area contributed by atoms with Gasteiger partial charge in [-0.15, -0.1) is 0 Å². The lowest BCUT2D eigenvalue weighted by Gasteiger charge is -2.09. The predicted molar refractivity (Wildman–Crippen MR) is 80.8 cm³/mol. The molecule has 0 amide bonds. The molecule has 5 heteroatoms. The van der Waals surface area contributed by atoms with Crippen LogP contribution in [0.5, 0.6) is 11.5 Å². The van der Waals surface area contributed by atoms with Gasteiger partial charge in [0, 0.05) is 12.3 Å². The Morgan fingerprint density at radius 2 is 1.65 bits per heavy atom. The van der Waals surface area contributed by atoms with Gasteiger partial charge in [0.05, 0.1) is 17.8 Å². The smallest absolute Gasteiger partial charge is 0.145 e. The number of halogens is 2. The van der Waals surface area contributed by atoms with Crippen LogP contribution in [0, 0.1) is 23.0 Å². The van der Waals surface area contributed by atoms with Crippen LogP contribution in [0.3, 0.4) is 0 Å². The summed E-state index contributed by atoms with van der Waals surface area (Å²) in [5.41, 5.74) is 0.982. The molecule has 0 aliphatic carbocycles. The summed E-state index contributed by atoms with van der Waals surface area (Å²) in [7, 11) is 0. The SMILES string of the molecule is N#Cc1cc(F)cc(-c2cc(F)cc(Oc3cccnc3)c2)c1. The van der Waals surface area contributed by atoms with Gasteiger partial charge in [-0.25, -0.2) is 8.78 Å². The zero-order valence-electron chi connectivity index (χ0n) is 11.8. The Morgan fingerprint density at radius 3 is 2.35 bits per heavy atom. The van der Waals surface area contributed by atoms with Gasteiger partial charge in [0.1, 0.15) is 23.1 Å². The minimum atomic E-state index is -0.557. The lowest BCUT2D eigenvalue weighted by Crippen LogP contribution is -1.89. The first-order valence-electron chi connectivity index (χ1n) is 6.73. The number of rotatable bonds is 3. The monoisotopic (exact) mass is 308 g/mol. The van der Waals surface area contributed by atoms with Crippen molar-refractivity contribution in [3.8, 4) is 28.7 Å². The Kier molecular flexibility index (Phi) is 3.98. The fraction of sp³-hybridized carbons (Fsp3) is 0. The molecule has 0 N–H and O–H groups in total. The average molecular weight is 308 g/mol. The second kappa shape index (κ2) is 6.24. The van der Waals surface area contributed by atoms with Gasteiger partial charge in [-0.3, -0.25) is 4.98 Å². The summed E-state index contributed by atoms with van der Waals surface area (Å²) in [6, 6.07) is 13.2. The van der Waals surface area contributed by atoms with Crippen molar-refractivity contribution in [1.82, 2.24) is 4.98 Å². The molecular formula is C18H10F2N2O. The topological polar surface area (TPSA) is 45.9 Å². The van der Waals surface area contributed by atoms with Gasteiger partial charge in [0.2, 0.25) is 0 Å². The third-order valence-electron chi connectivity index (χ3n) is 3.10. The van der Waals surface area contributed by atoms with Crippen LogP contribution in [-0.4, -0.2) is 4.98 Å². The molecule has 112 valence electrons. The molecule has 1 heterocycles. The third-order valence-corrected chi connectivity index (χ3v) is 3.10. The highest BCUT2D eigenvalue weighted by molar-refractivity contribution is 5.67. The highest BCUT2D eigenvalue weighted by Crippen LogP contribution is 2.29. The maximum atomic E-state index is 13.8. The molecule has 0 aliphatic rings. The fourth-order valence-corrected chi connectivity index (χ4v) is 2.15. The van der Waals surface area contributed by atoms with E-state index >= 15 is 0 Å². The van der Waals surface area contributed by atoms with Crippen molar-refractivity contribution in [3.05, 3.63) is 78.1 Å². The number of aromatic nitrogens is 1. The van der Waals surface area contributed by atoms with E-state index in [0.717, 1.165) is 6.07 Å². The fourth-order valence-electron chi connectivity index (χ4n) is 2.15. The third kappa shape index (κ3) is 3.50. The van der Waals surface area contributed by atoms with Gasteiger partial charge in [-0.2, -0.15) is 5.26 Å². The Hall–Kier alpha value is -3.26. The van der Waals surface area contributed by atoms with E-state index in [1.807, 2.05) is 6.07 Å². The van der Waals surface area contributed by atoms with Gasteiger partial charge >= 0.3 is 0 Å². The predicted octanol–water partition coefficient (Wildman–Crippen LogP) is 4.69. The number of nitrogens with zero attached hydrogens (tertiary/aromatic N) is 2. The Labute approximate surface area is 131 Å². The summed E-state index contributed by atoms with van der Waals surface area (Å²) in [6.45, 7) is 0. The van der Waals surface area contributed by atoms with Crippen LogP contribution in [0.25, 0.3) is 11.1 Å². The van der Waals surface area contributed by atoms with Crippen LogP contribution < -0.4 is 4.74 Å². The van der Waals surface area contributed by atoms with Gasteiger partial charge in [0.25, 0.3) is 0 Å². The molecule has 1 aromatic heterocycles. The summed E-state index contributed by atoms with van der Waals surface area (Å²) in [6.07, 6.45) is 3.10. The Bertz CT molecular complexity index is 889. The average Bonchev–Trinajstić information content (AvgIpc) is 2.54. The molecule has 0 unspecified atom stereocenters. The van der Waals surface area contributed by atoms with Gasteiger partial charge in [-0.1, -0.05) is 0 Å². The lowest BCUT2D eigenvalue weighted by molar-refractivity contribution is 0.475. The number of hydrogen-bond acceptors (Lipinski definition) is 3. The first-order valence-corrected chi connectivity index (χ1v) is 6.73. The van der Waals surface area contributed by atoms with E-state index in [1.165, 1.54) is 30.5 Å². The van der Waals surface area contributed by atoms with Crippen molar-refractivity contribution in [2.24, 2.45) is 0 Å². The van der Waals surface area contributed by atoms with Crippen LogP contribution in [0.1, 0.15) is 5.56 Å². The van der Waals surface area contributed by atoms with E-state index in [2.05, 4.69) is 4.98 Å². The molecule has 0 bridgehead atoms. The highest BCUT2D eigenvalue weighted by atomic mass is 19.1. The molecule has 3 nitrogen and oxygen atoms in total. The zero-order valence-corrected chi connectivity index (χ0v) is 11.8. The van der Waals surface area contributed by atoms with Crippen molar-refractivity contribution in [3.63, 3.8) is 0 Å². The maximum absolute atomic E-state index is 13.8. The molecule has 0 radical (unpaired) electrons. The van der Waals surface area contributed by atoms with E-state index in [1.54, 1.807) is 24.4 Å². The van der Waals surface area contributed by atoms with E-state index in [4.69, 9.17) is 10.00 Å². The molecule has 0 saturated carbocycles.